The van der Waals surface area contributed by atoms with E-state index in [1.807, 2.05) is 62.4 Å². The number of anilines is 3. The molecule has 32 heavy (non-hydrogen) atoms. The minimum Gasteiger partial charge on any atom is -0.383 e. The number of benzene rings is 2. The number of hydrogen-bond donors (Lipinski definition) is 1. The predicted octanol–water partition coefficient (Wildman–Crippen LogP) is 5.45. The van der Waals surface area contributed by atoms with Crippen LogP contribution in [0, 0.1) is 22.7 Å². The van der Waals surface area contributed by atoms with E-state index in [4.69, 9.17) is 5.73 Å². The Kier molecular flexibility index (Phi) is 6.09. The number of nitrogens with two attached hydrogens (primary N) is 1. The molecular weight excluding hydrogens is 438 g/mol. The maximum atomic E-state index is 13.4. The largest absolute Gasteiger partial charge is 0.383 e. The highest BCUT2D eigenvalue weighted by Crippen LogP contribution is 2.48. The standard InChI is InChI=1S/C24H19N5OS2/c1-14(2)22-15(11-25)23(27)28-24(16(22)12-26)31-13-21(30)29-17-7-3-5-9-19(17)32-20-10-6-4-8-18(20)29/h3-10,14H,13H2,1-2H3,(H2,27,28). The van der Waals surface area contributed by atoms with Crippen molar-refractivity contribution in [1.29, 1.82) is 10.5 Å². The summed E-state index contributed by atoms with van der Waals surface area (Å²) >= 11 is 2.80. The molecule has 3 aromatic rings. The van der Waals surface area contributed by atoms with Gasteiger partial charge < -0.3 is 5.73 Å². The SMILES string of the molecule is CC(C)c1c(C#N)c(N)nc(SCC(=O)N2c3ccccc3Sc3ccccc32)c1C#N. The molecule has 0 saturated heterocycles. The Balaban J connectivity index is 1.69. The molecule has 0 spiro atoms. The smallest absolute Gasteiger partial charge is 0.242 e. The topological polar surface area (TPSA) is 107 Å². The maximum absolute atomic E-state index is 13.4. The zero-order chi connectivity index (χ0) is 22.8. The number of pyridine rings is 1. The average Bonchev–Trinajstić information content (AvgIpc) is 2.80. The number of carbonyl (C=O) groups is 1. The lowest BCUT2D eigenvalue weighted by atomic mass is 9.94. The molecule has 4 rings (SSSR count). The summed E-state index contributed by atoms with van der Waals surface area (Å²) in [5.41, 5.74) is 8.78. The second-order valence-corrected chi connectivity index (χ2v) is 9.45. The number of para-hydroxylation sites is 2. The van der Waals surface area contributed by atoms with Crippen LogP contribution in [0.1, 0.15) is 36.5 Å². The first-order chi connectivity index (χ1) is 15.5. The number of thioether (sulfide) groups is 1. The van der Waals surface area contributed by atoms with Gasteiger partial charge in [-0.05, 0) is 35.7 Å². The van der Waals surface area contributed by atoms with Gasteiger partial charge in [-0.25, -0.2) is 4.98 Å². The van der Waals surface area contributed by atoms with Crippen molar-refractivity contribution in [2.45, 2.75) is 34.6 Å². The predicted molar refractivity (Wildman–Crippen MR) is 127 cm³/mol. The molecule has 1 aliphatic rings. The zero-order valence-corrected chi connectivity index (χ0v) is 19.1. The second kappa shape index (κ2) is 8.96. The van der Waals surface area contributed by atoms with E-state index in [0.717, 1.165) is 21.2 Å². The lowest BCUT2D eigenvalue weighted by Gasteiger charge is -2.31. The zero-order valence-electron chi connectivity index (χ0n) is 17.5. The van der Waals surface area contributed by atoms with Gasteiger partial charge in [0, 0.05) is 9.79 Å². The molecule has 1 aliphatic heterocycles. The molecule has 0 radical (unpaired) electrons. The fourth-order valence-corrected chi connectivity index (χ4v) is 5.58. The van der Waals surface area contributed by atoms with Crippen molar-refractivity contribution in [3.8, 4) is 12.1 Å². The minimum absolute atomic E-state index is 0.0674. The van der Waals surface area contributed by atoms with E-state index in [1.165, 1.54) is 11.8 Å². The van der Waals surface area contributed by atoms with Crippen molar-refractivity contribution >= 4 is 46.6 Å². The number of hydrogen-bond acceptors (Lipinski definition) is 7. The summed E-state index contributed by atoms with van der Waals surface area (Å²) in [6, 6.07) is 19.8. The van der Waals surface area contributed by atoms with Crippen molar-refractivity contribution in [3.63, 3.8) is 0 Å². The summed E-state index contributed by atoms with van der Waals surface area (Å²) in [4.78, 5) is 21.4. The van der Waals surface area contributed by atoms with Crippen LogP contribution < -0.4 is 10.6 Å². The van der Waals surface area contributed by atoms with Crippen molar-refractivity contribution in [3.05, 3.63) is 65.2 Å². The molecule has 0 atom stereocenters. The third kappa shape index (κ3) is 3.80. The lowest BCUT2D eigenvalue weighted by molar-refractivity contribution is -0.115. The van der Waals surface area contributed by atoms with Gasteiger partial charge >= 0.3 is 0 Å². The van der Waals surface area contributed by atoms with Crippen LogP contribution in [0.3, 0.4) is 0 Å². The molecule has 6 nitrogen and oxygen atoms in total. The van der Waals surface area contributed by atoms with E-state index in [-0.39, 0.29) is 29.0 Å². The van der Waals surface area contributed by atoms with Crippen LogP contribution in [0.5, 0.6) is 0 Å². The Morgan fingerprint density at radius 2 is 1.62 bits per heavy atom. The Morgan fingerprint density at radius 3 is 2.16 bits per heavy atom. The Hall–Kier alpha value is -3.46. The normalized spacial score (nSPS) is 12.0. The molecule has 8 heteroatoms. The lowest BCUT2D eigenvalue weighted by Crippen LogP contribution is -2.30. The maximum Gasteiger partial charge on any atom is 0.242 e. The number of aromatic nitrogens is 1. The molecule has 0 aliphatic carbocycles. The number of nitrogens with zero attached hydrogens (tertiary/aromatic N) is 4. The van der Waals surface area contributed by atoms with Crippen LogP contribution in [0.2, 0.25) is 0 Å². The summed E-state index contributed by atoms with van der Waals surface area (Å²) in [5.74, 6) is -0.0691. The van der Waals surface area contributed by atoms with Crippen LogP contribution in [0.4, 0.5) is 17.2 Å². The molecular formula is C24H19N5OS2. The number of amides is 1. The van der Waals surface area contributed by atoms with E-state index in [9.17, 15) is 15.3 Å². The summed E-state index contributed by atoms with van der Waals surface area (Å²) in [6.45, 7) is 3.80. The van der Waals surface area contributed by atoms with Crippen LogP contribution in [0.15, 0.2) is 63.3 Å². The van der Waals surface area contributed by atoms with Crippen molar-refractivity contribution in [2.75, 3.05) is 16.4 Å². The second-order valence-electron chi connectivity index (χ2n) is 7.40. The molecule has 0 bridgehead atoms. The highest BCUT2D eigenvalue weighted by Gasteiger charge is 2.29. The van der Waals surface area contributed by atoms with Gasteiger partial charge in [-0.15, -0.1) is 0 Å². The van der Waals surface area contributed by atoms with Crippen LogP contribution in [-0.2, 0) is 4.79 Å². The fraction of sp³-hybridized carbons (Fsp3) is 0.167. The Morgan fingerprint density at radius 1 is 1.06 bits per heavy atom. The van der Waals surface area contributed by atoms with Gasteiger partial charge in [0.2, 0.25) is 5.91 Å². The van der Waals surface area contributed by atoms with Crippen molar-refractivity contribution < 1.29 is 4.79 Å². The van der Waals surface area contributed by atoms with E-state index >= 15 is 0 Å². The fourth-order valence-electron chi connectivity index (χ4n) is 3.67. The number of nitrogen functional groups attached to an aromatic ring is 1. The molecule has 2 N–H and O–H groups in total. The highest BCUT2D eigenvalue weighted by atomic mass is 32.2. The van der Waals surface area contributed by atoms with Crippen molar-refractivity contribution in [2.24, 2.45) is 0 Å². The van der Waals surface area contributed by atoms with E-state index < -0.39 is 0 Å². The first-order valence-corrected chi connectivity index (χ1v) is 11.7. The Bertz CT molecular complexity index is 1260. The molecule has 0 unspecified atom stereocenters. The molecule has 0 fully saturated rings. The molecule has 1 aromatic heterocycles. The molecule has 1 amide bonds. The van der Waals surface area contributed by atoms with Crippen LogP contribution >= 0.6 is 23.5 Å². The van der Waals surface area contributed by atoms with Gasteiger partial charge in [-0.2, -0.15) is 10.5 Å². The van der Waals surface area contributed by atoms with Gasteiger partial charge in [0.1, 0.15) is 23.0 Å². The van der Waals surface area contributed by atoms with Gasteiger partial charge in [0.05, 0.1) is 28.3 Å². The Labute approximate surface area is 195 Å². The van der Waals surface area contributed by atoms with Gasteiger partial charge in [0.15, 0.2) is 0 Å². The number of fused-ring (bicyclic) bond motifs is 2. The van der Waals surface area contributed by atoms with E-state index in [0.29, 0.717) is 16.2 Å². The molecule has 158 valence electrons. The molecule has 0 saturated carbocycles. The monoisotopic (exact) mass is 457 g/mol. The van der Waals surface area contributed by atoms with Gasteiger partial charge in [0.25, 0.3) is 0 Å². The first kappa shape index (κ1) is 21.8. The third-order valence-electron chi connectivity index (χ3n) is 5.05. The van der Waals surface area contributed by atoms with E-state index in [2.05, 4.69) is 17.1 Å². The van der Waals surface area contributed by atoms with Crippen LogP contribution in [-0.4, -0.2) is 16.6 Å². The van der Waals surface area contributed by atoms with Crippen molar-refractivity contribution in [1.82, 2.24) is 4.98 Å². The summed E-state index contributed by atoms with van der Waals surface area (Å²) < 4.78 is 0. The number of nitriles is 2. The van der Waals surface area contributed by atoms with Gasteiger partial charge in [-0.3, -0.25) is 9.69 Å². The number of carbonyl (C=O) groups excluding carboxylic acids is 1. The highest BCUT2D eigenvalue weighted by molar-refractivity contribution is 8.00. The average molecular weight is 458 g/mol. The summed E-state index contributed by atoms with van der Waals surface area (Å²) in [7, 11) is 0. The first-order valence-electron chi connectivity index (χ1n) is 9.91. The third-order valence-corrected chi connectivity index (χ3v) is 7.14. The summed E-state index contributed by atoms with van der Waals surface area (Å²) in [6.07, 6.45) is 0. The number of rotatable bonds is 4. The van der Waals surface area contributed by atoms with Crippen LogP contribution in [0.25, 0.3) is 0 Å². The quantitative estimate of drug-likeness (QED) is 0.519. The van der Waals surface area contributed by atoms with E-state index in [1.54, 1.807) is 16.7 Å². The summed E-state index contributed by atoms with van der Waals surface area (Å²) in [5, 5.41) is 19.6. The minimum atomic E-state index is -0.130. The van der Waals surface area contributed by atoms with Gasteiger partial charge in [-0.1, -0.05) is 61.6 Å². The molecule has 2 aromatic carbocycles. The molecule has 2 heterocycles.